The van der Waals surface area contributed by atoms with Crippen LogP contribution in [-0.2, 0) is 23.9 Å². The van der Waals surface area contributed by atoms with Gasteiger partial charge in [0.15, 0.2) is 0 Å². The summed E-state index contributed by atoms with van der Waals surface area (Å²) >= 11 is 7.35. The van der Waals surface area contributed by atoms with E-state index in [1.54, 1.807) is 11.8 Å². The molecule has 0 bridgehead atoms. The molecule has 0 saturated carbocycles. The number of carbonyl (C=O) groups is 3. The zero-order chi connectivity index (χ0) is 21.6. The first-order chi connectivity index (χ1) is 14.6. The third kappa shape index (κ3) is 9.12. The molecule has 172 valence electrons. The Bertz CT molecular complexity index is 551. The monoisotopic (exact) mass is 462 g/mol. The highest BCUT2D eigenvalue weighted by atomic mass is 35.5. The number of fused-ring (bicyclic) bond motifs is 1. The first kappa shape index (κ1) is 25.4. The maximum Gasteiger partial charge on any atom is 0.231 e. The number of nitrogens with one attached hydrogen (secondary N) is 2. The van der Waals surface area contributed by atoms with Crippen molar-refractivity contribution in [3.8, 4) is 0 Å². The van der Waals surface area contributed by atoms with Gasteiger partial charge in [0.05, 0.1) is 31.7 Å². The van der Waals surface area contributed by atoms with Crippen molar-refractivity contribution in [2.24, 2.45) is 11.8 Å². The molecule has 2 fully saturated rings. The van der Waals surface area contributed by atoms with Crippen LogP contribution in [0.2, 0.25) is 0 Å². The molecule has 0 radical (unpaired) electrons. The van der Waals surface area contributed by atoms with Crippen molar-refractivity contribution in [2.45, 2.75) is 56.6 Å². The first-order valence-corrected chi connectivity index (χ1v) is 12.7. The van der Waals surface area contributed by atoms with Gasteiger partial charge in [-0.15, -0.1) is 11.6 Å². The third-order valence-corrected chi connectivity index (χ3v) is 7.24. The predicted molar refractivity (Wildman–Crippen MR) is 119 cm³/mol. The first-order valence-electron chi connectivity index (χ1n) is 11.1. The van der Waals surface area contributed by atoms with Crippen LogP contribution in [-0.4, -0.2) is 67.6 Å². The number of amides is 3. The quantitative estimate of drug-likeness (QED) is 0.196. The summed E-state index contributed by atoms with van der Waals surface area (Å²) in [6, 6.07) is 0. The van der Waals surface area contributed by atoms with Gasteiger partial charge in [0.1, 0.15) is 0 Å². The highest BCUT2D eigenvalue weighted by Gasteiger charge is 2.50. The SMILES string of the molecule is O=C(CCCC[C@@H]1SC[C@@H]2C(=O)NC(=O)[C@H]12)NCCOCCOCCCCCCCl. The summed E-state index contributed by atoms with van der Waals surface area (Å²) in [5.74, 6) is 0.923. The fourth-order valence-corrected chi connectivity index (χ4v) is 5.66. The molecular formula is C21H35ClN2O5S. The van der Waals surface area contributed by atoms with Gasteiger partial charge in [-0.3, -0.25) is 19.7 Å². The van der Waals surface area contributed by atoms with Crippen LogP contribution in [0.15, 0.2) is 0 Å². The lowest BCUT2D eigenvalue weighted by Gasteiger charge is -2.14. The van der Waals surface area contributed by atoms with E-state index >= 15 is 0 Å². The number of carbonyl (C=O) groups excluding carboxylic acids is 3. The van der Waals surface area contributed by atoms with Crippen molar-refractivity contribution in [3.05, 3.63) is 0 Å². The molecule has 2 aliphatic rings. The number of halogens is 1. The second-order valence-corrected chi connectivity index (χ2v) is 9.43. The van der Waals surface area contributed by atoms with Gasteiger partial charge < -0.3 is 14.8 Å². The number of unbranched alkanes of at least 4 members (excludes halogenated alkanes) is 4. The molecule has 0 aromatic carbocycles. The number of thioether (sulfide) groups is 1. The number of rotatable bonds is 17. The van der Waals surface area contributed by atoms with Crippen molar-refractivity contribution in [1.82, 2.24) is 10.6 Å². The van der Waals surface area contributed by atoms with E-state index in [4.69, 9.17) is 21.1 Å². The minimum absolute atomic E-state index is 0.0255. The summed E-state index contributed by atoms with van der Waals surface area (Å²) in [4.78, 5) is 35.4. The van der Waals surface area contributed by atoms with Crippen LogP contribution in [0, 0.1) is 11.8 Å². The molecule has 2 N–H and O–H groups in total. The van der Waals surface area contributed by atoms with Crippen molar-refractivity contribution < 1.29 is 23.9 Å². The molecule has 0 spiro atoms. The van der Waals surface area contributed by atoms with Gasteiger partial charge in [-0.05, 0) is 25.7 Å². The fraction of sp³-hybridized carbons (Fsp3) is 0.857. The molecule has 7 nitrogen and oxygen atoms in total. The van der Waals surface area contributed by atoms with E-state index in [1.165, 1.54) is 0 Å². The average molecular weight is 463 g/mol. The van der Waals surface area contributed by atoms with E-state index in [0.717, 1.165) is 63.2 Å². The zero-order valence-corrected chi connectivity index (χ0v) is 19.2. The average Bonchev–Trinajstić information content (AvgIpc) is 3.27. The molecule has 2 heterocycles. The van der Waals surface area contributed by atoms with Gasteiger partial charge in [0.2, 0.25) is 17.7 Å². The summed E-state index contributed by atoms with van der Waals surface area (Å²) < 4.78 is 11.0. The van der Waals surface area contributed by atoms with Crippen molar-refractivity contribution >= 4 is 41.1 Å². The van der Waals surface area contributed by atoms with Crippen LogP contribution in [0.4, 0.5) is 0 Å². The van der Waals surface area contributed by atoms with Crippen molar-refractivity contribution in [1.29, 1.82) is 0 Å². The summed E-state index contributed by atoms with van der Waals surface area (Å²) in [6.45, 7) is 2.85. The van der Waals surface area contributed by atoms with Gasteiger partial charge in [0.25, 0.3) is 0 Å². The Morgan fingerprint density at radius 2 is 1.77 bits per heavy atom. The van der Waals surface area contributed by atoms with Crippen molar-refractivity contribution in [3.63, 3.8) is 0 Å². The van der Waals surface area contributed by atoms with Crippen LogP contribution >= 0.6 is 23.4 Å². The summed E-state index contributed by atoms with van der Waals surface area (Å²) in [5, 5.41) is 5.50. The minimum Gasteiger partial charge on any atom is -0.379 e. The number of hydrogen-bond acceptors (Lipinski definition) is 6. The number of hydrogen-bond donors (Lipinski definition) is 2. The molecule has 2 rings (SSSR count). The topological polar surface area (TPSA) is 93.7 Å². The molecule has 30 heavy (non-hydrogen) atoms. The van der Waals surface area contributed by atoms with Gasteiger partial charge in [0, 0.05) is 36.5 Å². The summed E-state index contributed by atoms with van der Waals surface area (Å²) in [7, 11) is 0. The van der Waals surface area contributed by atoms with Gasteiger partial charge in [-0.1, -0.05) is 19.3 Å². The lowest BCUT2D eigenvalue weighted by molar-refractivity contribution is -0.126. The van der Waals surface area contributed by atoms with E-state index in [1.807, 2.05) is 0 Å². The fourth-order valence-electron chi connectivity index (χ4n) is 3.80. The Morgan fingerprint density at radius 1 is 1.00 bits per heavy atom. The molecule has 0 unspecified atom stereocenters. The molecule has 2 aliphatic heterocycles. The highest BCUT2D eigenvalue weighted by Crippen LogP contribution is 2.42. The lowest BCUT2D eigenvalue weighted by atomic mass is 9.91. The Hall–Kier alpha value is -0.830. The lowest BCUT2D eigenvalue weighted by Crippen LogP contribution is -2.28. The third-order valence-electron chi connectivity index (χ3n) is 5.47. The Labute approximate surface area is 188 Å². The largest absolute Gasteiger partial charge is 0.379 e. The second kappa shape index (κ2) is 15.1. The van der Waals surface area contributed by atoms with Crippen LogP contribution in [0.3, 0.4) is 0 Å². The Kier molecular flexibility index (Phi) is 12.8. The molecule has 2 saturated heterocycles. The van der Waals surface area contributed by atoms with E-state index in [-0.39, 0.29) is 34.8 Å². The van der Waals surface area contributed by atoms with E-state index in [9.17, 15) is 14.4 Å². The standard InChI is InChI=1S/C21H35ClN2O5S/c22-9-5-1-2-6-11-28-13-14-29-12-10-23-18(25)8-4-3-7-17-19-16(15-30-17)20(26)24-21(19)27/h16-17,19H,1-15H2,(H,23,25)(H,24,26,27)/t16-,17-,19-/m0/s1. The van der Waals surface area contributed by atoms with E-state index < -0.39 is 0 Å². The minimum atomic E-state index is -0.173. The number of alkyl halides is 1. The van der Waals surface area contributed by atoms with Gasteiger partial charge in [-0.25, -0.2) is 0 Å². The summed E-state index contributed by atoms with van der Waals surface area (Å²) in [5.41, 5.74) is 0. The zero-order valence-electron chi connectivity index (χ0n) is 17.7. The van der Waals surface area contributed by atoms with Crippen LogP contribution in [0.5, 0.6) is 0 Å². The van der Waals surface area contributed by atoms with Crippen LogP contribution in [0.25, 0.3) is 0 Å². The maximum absolute atomic E-state index is 11.9. The molecule has 3 atom stereocenters. The molecule has 3 amide bonds. The van der Waals surface area contributed by atoms with Gasteiger partial charge in [-0.2, -0.15) is 11.8 Å². The molecule has 0 aromatic rings. The Balaban J connectivity index is 1.36. The van der Waals surface area contributed by atoms with E-state index in [0.29, 0.717) is 32.8 Å². The molecular weight excluding hydrogens is 428 g/mol. The Morgan fingerprint density at radius 3 is 2.57 bits per heavy atom. The van der Waals surface area contributed by atoms with Gasteiger partial charge >= 0.3 is 0 Å². The summed E-state index contributed by atoms with van der Waals surface area (Å²) in [6.07, 6.45) is 7.44. The second-order valence-electron chi connectivity index (χ2n) is 7.78. The molecule has 9 heteroatoms. The highest BCUT2D eigenvalue weighted by molar-refractivity contribution is 8.00. The molecule has 0 aliphatic carbocycles. The number of ether oxygens (including phenoxy) is 2. The normalized spacial score (nSPS) is 22.9. The smallest absolute Gasteiger partial charge is 0.231 e. The van der Waals surface area contributed by atoms with E-state index in [2.05, 4.69) is 10.6 Å². The molecule has 0 aromatic heterocycles. The number of imide groups is 1. The predicted octanol–water partition coefficient (Wildman–Crippen LogP) is 2.50. The van der Waals surface area contributed by atoms with Crippen LogP contribution in [0.1, 0.15) is 51.4 Å². The van der Waals surface area contributed by atoms with Crippen molar-refractivity contribution in [2.75, 3.05) is 44.6 Å². The maximum atomic E-state index is 11.9. The van der Waals surface area contributed by atoms with Crippen LogP contribution < -0.4 is 10.6 Å².